The number of anilines is 2. The first-order valence-electron chi connectivity index (χ1n) is 6.98. The monoisotopic (exact) mass is 305 g/mol. The van der Waals surface area contributed by atoms with Gasteiger partial charge in [-0.25, -0.2) is 4.98 Å². The van der Waals surface area contributed by atoms with Crippen LogP contribution in [0.25, 0.3) is 0 Å². The van der Waals surface area contributed by atoms with E-state index in [0.717, 1.165) is 38.5 Å². The highest BCUT2D eigenvalue weighted by Crippen LogP contribution is 2.13. The number of benzene rings is 1. The van der Waals surface area contributed by atoms with E-state index in [9.17, 15) is 0 Å². The van der Waals surface area contributed by atoms with Crippen LogP contribution in [-0.4, -0.2) is 36.1 Å². The third-order valence-electron chi connectivity index (χ3n) is 3.38. The predicted molar refractivity (Wildman–Crippen MR) is 88.1 cm³/mol. The Morgan fingerprint density at radius 1 is 1.10 bits per heavy atom. The molecular weight excluding hydrogens is 286 g/mol. The molecule has 2 heterocycles. The van der Waals surface area contributed by atoms with Gasteiger partial charge in [-0.15, -0.1) is 12.4 Å². The minimum Gasteiger partial charge on any atom is -0.354 e. The third kappa shape index (κ3) is 4.31. The molecule has 6 heteroatoms. The van der Waals surface area contributed by atoms with Gasteiger partial charge < -0.3 is 15.5 Å². The second kappa shape index (κ2) is 7.81. The summed E-state index contributed by atoms with van der Waals surface area (Å²) in [6.07, 6.45) is 1.82. The summed E-state index contributed by atoms with van der Waals surface area (Å²) in [6.45, 7) is 4.75. The molecule has 0 atom stereocenters. The predicted octanol–water partition coefficient (Wildman–Crippen LogP) is 1.92. The molecule has 1 aliphatic heterocycles. The molecule has 2 aromatic rings. The summed E-state index contributed by atoms with van der Waals surface area (Å²) < 4.78 is 0. The zero-order chi connectivity index (χ0) is 13.6. The zero-order valence-corrected chi connectivity index (χ0v) is 12.6. The van der Waals surface area contributed by atoms with E-state index in [1.54, 1.807) is 0 Å². The highest BCUT2D eigenvalue weighted by molar-refractivity contribution is 5.85. The number of hydrogen-bond donors (Lipinski definition) is 2. The fourth-order valence-electron chi connectivity index (χ4n) is 2.28. The zero-order valence-electron chi connectivity index (χ0n) is 11.8. The largest absolute Gasteiger partial charge is 0.354 e. The van der Waals surface area contributed by atoms with Crippen LogP contribution in [0.2, 0.25) is 0 Å². The van der Waals surface area contributed by atoms with E-state index in [-0.39, 0.29) is 12.4 Å². The van der Waals surface area contributed by atoms with Crippen molar-refractivity contribution in [3.63, 3.8) is 0 Å². The lowest BCUT2D eigenvalue weighted by atomic mass is 10.2. The summed E-state index contributed by atoms with van der Waals surface area (Å²) in [7, 11) is 0. The van der Waals surface area contributed by atoms with Gasteiger partial charge in [-0.05, 0) is 11.6 Å². The summed E-state index contributed by atoms with van der Waals surface area (Å²) in [5.74, 6) is 1.68. The number of nitrogens with zero attached hydrogens (tertiary/aromatic N) is 3. The van der Waals surface area contributed by atoms with Crippen molar-refractivity contribution in [2.75, 3.05) is 36.4 Å². The highest BCUT2D eigenvalue weighted by atomic mass is 35.5. The summed E-state index contributed by atoms with van der Waals surface area (Å²) in [6, 6.07) is 12.2. The molecule has 112 valence electrons. The number of aromatic nitrogens is 2. The molecule has 21 heavy (non-hydrogen) atoms. The second-order valence-electron chi connectivity index (χ2n) is 4.81. The minimum absolute atomic E-state index is 0. The maximum atomic E-state index is 4.59. The Bertz CT molecular complexity index is 543. The van der Waals surface area contributed by atoms with E-state index in [0.29, 0.717) is 5.95 Å². The first-order chi connectivity index (χ1) is 9.92. The van der Waals surface area contributed by atoms with Crippen molar-refractivity contribution in [3.05, 3.63) is 48.2 Å². The Morgan fingerprint density at radius 3 is 2.62 bits per heavy atom. The molecule has 5 nitrogen and oxygen atoms in total. The van der Waals surface area contributed by atoms with E-state index in [1.807, 2.05) is 30.5 Å². The molecule has 0 bridgehead atoms. The number of halogens is 1. The lowest BCUT2D eigenvalue weighted by Gasteiger charge is -2.28. The van der Waals surface area contributed by atoms with Gasteiger partial charge in [0.1, 0.15) is 5.82 Å². The van der Waals surface area contributed by atoms with Gasteiger partial charge in [0.05, 0.1) is 0 Å². The molecule has 0 unspecified atom stereocenters. The molecule has 0 spiro atoms. The Balaban J connectivity index is 0.00000161. The molecule has 0 amide bonds. The molecule has 0 saturated carbocycles. The van der Waals surface area contributed by atoms with Gasteiger partial charge in [0.15, 0.2) is 0 Å². The molecule has 3 rings (SSSR count). The van der Waals surface area contributed by atoms with Crippen molar-refractivity contribution in [3.8, 4) is 0 Å². The maximum absolute atomic E-state index is 4.59. The van der Waals surface area contributed by atoms with E-state index in [4.69, 9.17) is 0 Å². The van der Waals surface area contributed by atoms with Crippen LogP contribution >= 0.6 is 12.4 Å². The first-order valence-corrected chi connectivity index (χ1v) is 6.98. The number of hydrogen-bond acceptors (Lipinski definition) is 5. The molecule has 1 aliphatic rings. The van der Waals surface area contributed by atoms with Crippen LogP contribution in [0.4, 0.5) is 11.8 Å². The number of nitrogens with one attached hydrogen (secondary N) is 2. The Morgan fingerprint density at radius 2 is 1.86 bits per heavy atom. The van der Waals surface area contributed by atoms with Gasteiger partial charge in [0.2, 0.25) is 5.95 Å². The summed E-state index contributed by atoms with van der Waals surface area (Å²) in [5.41, 5.74) is 1.23. The average molecular weight is 306 g/mol. The van der Waals surface area contributed by atoms with Crippen molar-refractivity contribution < 1.29 is 0 Å². The molecule has 1 aromatic carbocycles. The molecule has 2 N–H and O–H groups in total. The first kappa shape index (κ1) is 15.5. The van der Waals surface area contributed by atoms with Crippen molar-refractivity contribution >= 4 is 24.2 Å². The summed E-state index contributed by atoms with van der Waals surface area (Å²) in [5, 5.41) is 6.62. The van der Waals surface area contributed by atoms with Crippen LogP contribution in [0.3, 0.4) is 0 Å². The molecule has 0 radical (unpaired) electrons. The Kier molecular flexibility index (Phi) is 5.78. The van der Waals surface area contributed by atoms with Crippen molar-refractivity contribution in [2.45, 2.75) is 6.54 Å². The Hall–Kier alpha value is -1.85. The van der Waals surface area contributed by atoms with Gasteiger partial charge in [0.25, 0.3) is 0 Å². The molecule has 1 aromatic heterocycles. The average Bonchev–Trinajstić information content (AvgIpc) is 2.55. The van der Waals surface area contributed by atoms with Crippen LogP contribution < -0.4 is 15.5 Å². The van der Waals surface area contributed by atoms with Crippen LogP contribution in [0.5, 0.6) is 0 Å². The molecule has 1 saturated heterocycles. The van der Waals surface area contributed by atoms with Gasteiger partial charge in [-0.1, -0.05) is 30.3 Å². The maximum Gasteiger partial charge on any atom is 0.224 e. The molecular formula is C15H20ClN5. The van der Waals surface area contributed by atoms with E-state index in [1.165, 1.54) is 5.56 Å². The van der Waals surface area contributed by atoms with Gasteiger partial charge in [0, 0.05) is 38.9 Å². The summed E-state index contributed by atoms with van der Waals surface area (Å²) in [4.78, 5) is 11.2. The fourth-order valence-corrected chi connectivity index (χ4v) is 2.28. The van der Waals surface area contributed by atoms with Crippen LogP contribution in [0, 0.1) is 0 Å². The molecule has 1 fully saturated rings. The second-order valence-corrected chi connectivity index (χ2v) is 4.81. The normalized spacial score (nSPS) is 14.4. The standard InChI is InChI=1S/C15H19N5.ClH/c1-2-4-13(5-3-1)12-18-15-17-7-6-14(19-15)20-10-8-16-9-11-20;/h1-7,16H,8-12H2,(H,17,18,19);1H. The van der Waals surface area contributed by atoms with Crippen molar-refractivity contribution in [2.24, 2.45) is 0 Å². The van der Waals surface area contributed by atoms with Gasteiger partial charge in [-0.2, -0.15) is 4.98 Å². The SMILES string of the molecule is Cl.c1ccc(CNc2nccc(N3CCNCC3)n2)cc1. The quantitative estimate of drug-likeness (QED) is 0.904. The highest BCUT2D eigenvalue weighted by Gasteiger charge is 2.12. The van der Waals surface area contributed by atoms with E-state index < -0.39 is 0 Å². The lowest BCUT2D eigenvalue weighted by Crippen LogP contribution is -2.43. The van der Waals surface area contributed by atoms with Gasteiger partial charge in [-0.3, -0.25) is 0 Å². The third-order valence-corrected chi connectivity index (χ3v) is 3.38. The smallest absolute Gasteiger partial charge is 0.224 e. The topological polar surface area (TPSA) is 53.1 Å². The number of piperazine rings is 1. The van der Waals surface area contributed by atoms with E-state index >= 15 is 0 Å². The van der Waals surface area contributed by atoms with Crippen molar-refractivity contribution in [1.29, 1.82) is 0 Å². The van der Waals surface area contributed by atoms with Crippen LogP contribution in [0.15, 0.2) is 42.6 Å². The lowest BCUT2D eigenvalue weighted by molar-refractivity contribution is 0.584. The minimum atomic E-state index is 0. The fraction of sp³-hybridized carbons (Fsp3) is 0.333. The number of rotatable bonds is 4. The van der Waals surface area contributed by atoms with Crippen molar-refractivity contribution in [1.82, 2.24) is 15.3 Å². The van der Waals surface area contributed by atoms with E-state index in [2.05, 4.69) is 37.6 Å². The van der Waals surface area contributed by atoms with Crippen LogP contribution in [0.1, 0.15) is 5.56 Å². The summed E-state index contributed by atoms with van der Waals surface area (Å²) >= 11 is 0. The Labute approximate surface area is 131 Å². The van der Waals surface area contributed by atoms with Crippen LogP contribution in [-0.2, 0) is 6.54 Å². The van der Waals surface area contributed by atoms with Gasteiger partial charge >= 0.3 is 0 Å². The molecule has 0 aliphatic carbocycles.